The van der Waals surface area contributed by atoms with Gasteiger partial charge in [-0.1, -0.05) is 36.4 Å². The van der Waals surface area contributed by atoms with Gasteiger partial charge in [0.05, 0.1) is 27.8 Å². The van der Waals surface area contributed by atoms with Crippen molar-refractivity contribution in [3.63, 3.8) is 0 Å². The lowest BCUT2D eigenvalue weighted by Gasteiger charge is -2.00. The van der Waals surface area contributed by atoms with Gasteiger partial charge in [0, 0.05) is 18.8 Å². The number of aryl methyl sites for hydroxylation is 1. The van der Waals surface area contributed by atoms with E-state index in [4.69, 9.17) is 5.10 Å². The van der Waals surface area contributed by atoms with E-state index >= 15 is 0 Å². The number of rotatable bonds is 5. The highest BCUT2D eigenvalue weighted by Gasteiger charge is 2.12. The van der Waals surface area contributed by atoms with Crippen molar-refractivity contribution in [2.75, 3.05) is 5.43 Å². The van der Waals surface area contributed by atoms with E-state index in [1.165, 1.54) is 0 Å². The Labute approximate surface area is 171 Å². The Kier molecular flexibility index (Phi) is 4.42. The third-order valence-electron chi connectivity index (χ3n) is 4.67. The molecule has 0 bridgehead atoms. The molecule has 1 N–H and O–H groups in total. The molecule has 3 aromatic heterocycles. The van der Waals surface area contributed by atoms with Gasteiger partial charge in [-0.25, -0.2) is 15.1 Å². The summed E-state index contributed by atoms with van der Waals surface area (Å²) in [7, 11) is 1.97. The molecular weight excluding hydrogens is 380 g/mol. The third kappa shape index (κ3) is 3.32. The predicted molar refractivity (Wildman–Crippen MR) is 119 cm³/mol. The first-order valence-electron chi connectivity index (χ1n) is 9.19. The second-order valence-electron chi connectivity index (χ2n) is 6.54. The van der Waals surface area contributed by atoms with Crippen molar-refractivity contribution in [3.8, 4) is 16.3 Å². The Balaban J connectivity index is 1.48. The molecular formula is C22H18N6S. The van der Waals surface area contributed by atoms with Crippen LogP contribution < -0.4 is 5.43 Å². The normalized spacial score (nSPS) is 11.5. The number of thiophene rings is 1. The van der Waals surface area contributed by atoms with E-state index in [0.717, 1.165) is 32.9 Å². The molecule has 0 aliphatic heterocycles. The first-order valence-corrected chi connectivity index (χ1v) is 10.1. The van der Waals surface area contributed by atoms with Gasteiger partial charge in [0.2, 0.25) is 5.95 Å². The molecule has 0 atom stereocenters. The van der Waals surface area contributed by atoms with E-state index < -0.39 is 0 Å². The summed E-state index contributed by atoms with van der Waals surface area (Å²) in [6.07, 6.45) is 3.78. The van der Waals surface area contributed by atoms with Crippen molar-refractivity contribution in [2.24, 2.45) is 12.1 Å². The van der Waals surface area contributed by atoms with Crippen molar-refractivity contribution < 1.29 is 0 Å². The van der Waals surface area contributed by atoms with E-state index in [1.807, 2.05) is 83.2 Å². The zero-order chi connectivity index (χ0) is 19.6. The van der Waals surface area contributed by atoms with Crippen LogP contribution in [0.4, 0.5) is 5.95 Å². The van der Waals surface area contributed by atoms with E-state index in [1.54, 1.807) is 17.6 Å². The van der Waals surface area contributed by atoms with Gasteiger partial charge in [0.25, 0.3) is 0 Å². The van der Waals surface area contributed by atoms with Gasteiger partial charge in [-0.15, -0.1) is 11.3 Å². The topological polar surface area (TPSA) is 60.0 Å². The van der Waals surface area contributed by atoms with Crippen LogP contribution >= 0.6 is 11.3 Å². The number of anilines is 1. The smallest absolute Gasteiger partial charge is 0.224 e. The first-order chi connectivity index (χ1) is 14.3. The monoisotopic (exact) mass is 398 g/mol. The lowest BCUT2D eigenvalue weighted by Crippen LogP contribution is -1.98. The van der Waals surface area contributed by atoms with Crippen LogP contribution in [0.1, 0.15) is 5.56 Å². The van der Waals surface area contributed by atoms with Gasteiger partial charge in [0.15, 0.2) is 0 Å². The molecule has 2 aromatic carbocycles. The highest BCUT2D eigenvalue weighted by Crippen LogP contribution is 2.27. The number of para-hydroxylation sites is 3. The fraction of sp³-hybridized carbons (Fsp3) is 0.0455. The molecule has 0 aliphatic carbocycles. The summed E-state index contributed by atoms with van der Waals surface area (Å²) in [5.74, 6) is 0.690. The van der Waals surface area contributed by atoms with E-state index in [2.05, 4.69) is 27.0 Å². The molecule has 0 amide bonds. The molecule has 0 unspecified atom stereocenters. The summed E-state index contributed by atoms with van der Waals surface area (Å²) in [6.45, 7) is 0. The standard InChI is InChI=1S/C22H18N6S/c1-27-19-11-6-5-10-18(19)24-22(27)25-23-14-16-15-28(17-8-3-2-4-9-17)26-21(16)20-12-7-13-29-20/h2-15H,1H3,(H,24,25)/b23-14-. The lowest BCUT2D eigenvalue weighted by molar-refractivity contribution is 0.885. The average molecular weight is 398 g/mol. The van der Waals surface area contributed by atoms with Crippen LogP contribution in [0.5, 0.6) is 0 Å². The van der Waals surface area contributed by atoms with Crippen LogP contribution in [0.2, 0.25) is 0 Å². The second-order valence-corrected chi connectivity index (χ2v) is 7.49. The quantitative estimate of drug-likeness (QED) is 0.337. The predicted octanol–water partition coefficient (Wildman–Crippen LogP) is 4.93. The molecule has 0 radical (unpaired) electrons. The number of hydrazone groups is 1. The summed E-state index contributed by atoms with van der Waals surface area (Å²) in [5.41, 5.74) is 7.89. The van der Waals surface area contributed by atoms with Gasteiger partial charge in [-0.3, -0.25) is 0 Å². The number of hydrogen-bond donors (Lipinski definition) is 1. The maximum absolute atomic E-state index is 4.79. The van der Waals surface area contributed by atoms with E-state index in [0.29, 0.717) is 5.95 Å². The second kappa shape index (κ2) is 7.37. The Morgan fingerprint density at radius 3 is 2.62 bits per heavy atom. The highest BCUT2D eigenvalue weighted by atomic mass is 32.1. The SMILES string of the molecule is Cn1c(N/N=C\c2cn(-c3ccccc3)nc2-c2cccs2)nc2ccccc21. The molecule has 7 heteroatoms. The van der Waals surface area contributed by atoms with Crippen LogP contribution in [0, 0.1) is 0 Å². The van der Waals surface area contributed by atoms with Crippen LogP contribution in [0.15, 0.2) is 83.4 Å². The molecule has 5 aromatic rings. The van der Waals surface area contributed by atoms with Crippen LogP contribution in [-0.4, -0.2) is 25.5 Å². The van der Waals surface area contributed by atoms with Gasteiger partial charge in [0.1, 0.15) is 5.69 Å². The maximum atomic E-state index is 4.79. The van der Waals surface area contributed by atoms with Crippen molar-refractivity contribution >= 4 is 34.5 Å². The van der Waals surface area contributed by atoms with E-state index in [-0.39, 0.29) is 0 Å². The molecule has 5 rings (SSSR count). The number of imidazole rings is 1. The van der Waals surface area contributed by atoms with Crippen LogP contribution in [0.25, 0.3) is 27.3 Å². The summed E-state index contributed by atoms with van der Waals surface area (Å²) < 4.78 is 3.87. The maximum Gasteiger partial charge on any atom is 0.224 e. The molecule has 0 fully saturated rings. The Morgan fingerprint density at radius 1 is 1.00 bits per heavy atom. The largest absolute Gasteiger partial charge is 0.312 e. The molecule has 142 valence electrons. The number of benzene rings is 2. The molecule has 0 spiro atoms. The summed E-state index contributed by atoms with van der Waals surface area (Å²) in [4.78, 5) is 5.69. The molecule has 29 heavy (non-hydrogen) atoms. The minimum Gasteiger partial charge on any atom is -0.312 e. The molecule has 0 saturated heterocycles. The summed E-state index contributed by atoms with van der Waals surface area (Å²) in [6, 6.07) is 22.2. The Bertz CT molecular complexity index is 1280. The minimum atomic E-state index is 0.690. The zero-order valence-corrected chi connectivity index (χ0v) is 16.5. The van der Waals surface area contributed by atoms with Crippen molar-refractivity contribution in [1.82, 2.24) is 19.3 Å². The number of nitrogens with one attached hydrogen (secondary N) is 1. The van der Waals surface area contributed by atoms with Gasteiger partial charge < -0.3 is 4.57 Å². The van der Waals surface area contributed by atoms with Gasteiger partial charge >= 0.3 is 0 Å². The van der Waals surface area contributed by atoms with Crippen molar-refractivity contribution in [2.45, 2.75) is 0 Å². The number of fused-ring (bicyclic) bond motifs is 1. The van der Waals surface area contributed by atoms with Crippen molar-refractivity contribution in [1.29, 1.82) is 0 Å². The molecule has 6 nitrogen and oxygen atoms in total. The molecule has 0 aliphatic rings. The first kappa shape index (κ1) is 17.4. The highest BCUT2D eigenvalue weighted by molar-refractivity contribution is 7.13. The van der Waals surface area contributed by atoms with Crippen molar-refractivity contribution in [3.05, 3.63) is 83.9 Å². The number of aromatic nitrogens is 4. The summed E-state index contributed by atoms with van der Waals surface area (Å²) in [5, 5.41) is 11.3. The fourth-order valence-corrected chi connectivity index (χ4v) is 3.94. The third-order valence-corrected chi connectivity index (χ3v) is 5.55. The fourth-order valence-electron chi connectivity index (χ4n) is 3.20. The van der Waals surface area contributed by atoms with E-state index in [9.17, 15) is 0 Å². The number of hydrogen-bond acceptors (Lipinski definition) is 5. The Hall–Kier alpha value is -3.71. The minimum absolute atomic E-state index is 0.690. The summed E-state index contributed by atoms with van der Waals surface area (Å²) >= 11 is 1.66. The average Bonchev–Trinajstić information content (AvgIpc) is 3.49. The Morgan fingerprint density at radius 2 is 1.83 bits per heavy atom. The lowest BCUT2D eigenvalue weighted by atomic mass is 10.2. The molecule has 0 saturated carbocycles. The van der Waals surface area contributed by atoms with Crippen LogP contribution in [0.3, 0.4) is 0 Å². The van der Waals surface area contributed by atoms with Crippen LogP contribution in [-0.2, 0) is 7.05 Å². The zero-order valence-electron chi connectivity index (χ0n) is 15.7. The van der Waals surface area contributed by atoms with Gasteiger partial charge in [-0.05, 0) is 35.7 Å². The number of nitrogens with zero attached hydrogens (tertiary/aromatic N) is 5. The molecule has 3 heterocycles. The van der Waals surface area contributed by atoms with Gasteiger partial charge in [-0.2, -0.15) is 10.2 Å².